The number of cyclic esters (lactones) is 1. The van der Waals surface area contributed by atoms with Crippen LogP contribution in [0.4, 0.5) is 4.39 Å². The molecule has 18 heteroatoms. The summed E-state index contributed by atoms with van der Waals surface area (Å²) in [5.74, 6) is -5.48. The fraction of sp³-hybridized carbons (Fsp3) is 0.837. The maximum Gasteiger partial charge on any atom is 0.311 e. The number of likely N-dealkylation sites (N-methyl/N-ethyl adjacent to an activating group) is 1. The van der Waals surface area contributed by atoms with Gasteiger partial charge in [0.2, 0.25) is 10.0 Å². The van der Waals surface area contributed by atoms with Crippen LogP contribution >= 0.6 is 0 Å². The zero-order chi connectivity index (χ0) is 46.2. The van der Waals surface area contributed by atoms with E-state index in [2.05, 4.69) is 4.72 Å². The van der Waals surface area contributed by atoms with Gasteiger partial charge in [0, 0.05) is 37.5 Å². The lowest BCUT2D eigenvalue weighted by Crippen LogP contribution is -2.62. The minimum atomic E-state index is -4.40. The van der Waals surface area contributed by atoms with Gasteiger partial charge in [0.15, 0.2) is 12.6 Å². The molecule has 352 valence electrons. The Bertz CT molecular complexity index is 1700. The Balaban J connectivity index is 1.91. The summed E-state index contributed by atoms with van der Waals surface area (Å²) in [6, 6.07) is 2.61. The fourth-order valence-electron chi connectivity index (χ4n) is 9.69. The van der Waals surface area contributed by atoms with Gasteiger partial charge in [-0.2, -0.15) is 0 Å². The number of ether oxygens (including phenoxy) is 6. The second kappa shape index (κ2) is 20.1. The Labute approximate surface area is 361 Å². The number of halogens is 1. The quantitative estimate of drug-likeness (QED) is 0.186. The average Bonchev–Trinajstić information content (AvgIpc) is 3.18. The van der Waals surface area contributed by atoms with Crippen LogP contribution in [0.1, 0.15) is 94.9 Å². The molecule has 19 atom stereocenters. The number of aliphatic hydroxyl groups excluding tert-OH is 3. The summed E-state index contributed by atoms with van der Waals surface area (Å²) in [6.07, 6.45) is -10.8. The molecule has 61 heavy (non-hydrogen) atoms. The molecule has 3 saturated heterocycles. The molecule has 0 bridgehead atoms. The molecular formula is C43H73FN2O14S. The third-order valence-corrected chi connectivity index (χ3v) is 15.0. The van der Waals surface area contributed by atoms with Crippen LogP contribution in [0, 0.1) is 29.5 Å². The molecule has 0 unspecified atom stereocenters. The monoisotopic (exact) mass is 892 g/mol. The topological polar surface area (TPSA) is 223 Å². The van der Waals surface area contributed by atoms with Gasteiger partial charge >= 0.3 is 5.97 Å². The SMILES string of the molecule is CC[C@H]1OC(=O)[C@H](C)[C@@H](O[C@H]2C[C@@](C)(OC)[C@@H](O)[C@H](C)O2)[C@H](C)[C@@H](O[C@@H]2O[C@H](C)C[C@H](N(C)C)[C@H]2O)[C@](C)(O)C[C@@H](C)[C@H](NS(=O)(=O)c2ccc(F)cc2)[C@H](C)[C@@H](O)[C@]1(C)O. The molecule has 0 spiro atoms. The first-order valence-corrected chi connectivity index (χ1v) is 22.9. The molecule has 0 amide bonds. The Hall–Kier alpha value is -1.91. The number of nitrogens with one attached hydrogen (secondary N) is 1. The first kappa shape index (κ1) is 51.7. The predicted octanol–water partition coefficient (Wildman–Crippen LogP) is 2.70. The summed E-state index contributed by atoms with van der Waals surface area (Å²) in [5, 5.41) is 59.5. The molecule has 1 aromatic carbocycles. The maximum atomic E-state index is 14.4. The van der Waals surface area contributed by atoms with E-state index in [9.17, 15) is 43.1 Å². The van der Waals surface area contributed by atoms with E-state index in [-0.39, 0.29) is 30.3 Å². The van der Waals surface area contributed by atoms with Crippen molar-refractivity contribution in [1.29, 1.82) is 0 Å². The number of hydrogen-bond acceptors (Lipinski definition) is 15. The summed E-state index contributed by atoms with van der Waals surface area (Å²) < 4.78 is 82.0. The predicted molar refractivity (Wildman–Crippen MR) is 222 cm³/mol. The number of benzene rings is 1. The number of esters is 1. The molecular weight excluding hydrogens is 820 g/mol. The van der Waals surface area contributed by atoms with Gasteiger partial charge in [-0.25, -0.2) is 17.5 Å². The van der Waals surface area contributed by atoms with Crippen molar-refractivity contribution in [2.24, 2.45) is 23.7 Å². The van der Waals surface area contributed by atoms with Crippen molar-refractivity contribution in [1.82, 2.24) is 9.62 Å². The van der Waals surface area contributed by atoms with Crippen LogP contribution in [0.5, 0.6) is 0 Å². The van der Waals surface area contributed by atoms with Gasteiger partial charge in [0.1, 0.15) is 29.7 Å². The fourth-order valence-corrected chi connectivity index (χ4v) is 11.1. The summed E-state index contributed by atoms with van der Waals surface area (Å²) in [4.78, 5) is 16.0. The molecule has 16 nitrogen and oxygen atoms in total. The average molecular weight is 893 g/mol. The largest absolute Gasteiger partial charge is 0.459 e. The van der Waals surface area contributed by atoms with Crippen molar-refractivity contribution in [3.63, 3.8) is 0 Å². The Morgan fingerprint density at radius 3 is 2.08 bits per heavy atom. The smallest absolute Gasteiger partial charge is 0.311 e. The number of rotatable bonds is 10. The third kappa shape index (κ3) is 11.5. The van der Waals surface area contributed by atoms with E-state index >= 15 is 0 Å². The molecule has 0 radical (unpaired) electrons. The number of hydrogen-bond donors (Lipinski definition) is 6. The number of nitrogens with zero attached hydrogens (tertiary/aromatic N) is 1. The van der Waals surface area contributed by atoms with E-state index in [1.54, 1.807) is 41.5 Å². The van der Waals surface area contributed by atoms with E-state index in [1.165, 1.54) is 27.9 Å². The number of carbonyl (C=O) groups excluding carboxylic acids is 1. The standard InChI is InChI=1S/C43H73FN2O14S/c1-14-31-43(10,52)36(48)24(4)33(45-61(53,54)29-17-15-28(44)16-18-29)22(2)20-41(8,51)38(60-40-34(47)30(46(11)12)19-23(3)56-40)25(5)35(26(6)39(50)58-31)59-32-21-42(9,55-13)37(49)27(7)57-32/h15-18,22-27,30-38,40,45,47-49,51-52H,14,19-21H2,1-13H3/t22-,23-,24+,25+,26-,27+,30+,31-,32+,33+,34-,35+,36-,37+,38-,40+,41-,42-,43-/m1/s1. The second-order valence-corrected chi connectivity index (χ2v) is 20.5. The van der Waals surface area contributed by atoms with Crippen LogP contribution in [-0.4, -0.2) is 156 Å². The molecule has 6 N–H and O–H groups in total. The third-order valence-electron chi connectivity index (χ3n) is 13.5. The van der Waals surface area contributed by atoms with E-state index in [0.717, 1.165) is 24.3 Å². The van der Waals surface area contributed by atoms with Gasteiger partial charge in [0.05, 0.1) is 52.5 Å². The molecule has 0 saturated carbocycles. The van der Waals surface area contributed by atoms with Crippen molar-refractivity contribution in [3.8, 4) is 0 Å². The Morgan fingerprint density at radius 2 is 1.52 bits per heavy atom. The van der Waals surface area contributed by atoms with Gasteiger partial charge < -0.3 is 58.9 Å². The molecule has 0 aromatic heterocycles. The number of methoxy groups -OCH3 is 1. The van der Waals surface area contributed by atoms with Crippen molar-refractivity contribution in [2.75, 3.05) is 21.2 Å². The van der Waals surface area contributed by atoms with Crippen LogP contribution in [0.2, 0.25) is 0 Å². The molecule has 3 fully saturated rings. The molecule has 1 aromatic rings. The summed E-state index contributed by atoms with van der Waals surface area (Å²) in [5.41, 5.74) is -5.17. The first-order chi connectivity index (χ1) is 28.1. The number of carbonyl (C=O) groups is 1. The van der Waals surface area contributed by atoms with Gasteiger partial charge in [-0.15, -0.1) is 0 Å². The van der Waals surface area contributed by atoms with E-state index in [4.69, 9.17) is 28.4 Å². The van der Waals surface area contributed by atoms with Crippen LogP contribution < -0.4 is 4.72 Å². The van der Waals surface area contributed by atoms with Crippen LogP contribution in [0.15, 0.2) is 29.2 Å². The molecule has 0 aliphatic carbocycles. The normalized spacial score (nSPS) is 45.0. The van der Waals surface area contributed by atoms with E-state index in [0.29, 0.717) is 6.42 Å². The first-order valence-electron chi connectivity index (χ1n) is 21.4. The van der Waals surface area contributed by atoms with Crippen LogP contribution in [-0.2, 0) is 43.2 Å². The van der Waals surface area contributed by atoms with Gasteiger partial charge in [0.25, 0.3) is 0 Å². The minimum Gasteiger partial charge on any atom is -0.459 e. The molecule has 3 aliphatic rings. The Morgan fingerprint density at radius 1 is 0.918 bits per heavy atom. The lowest BCUT2D eigenvalue weighted by atomic mass is 9.72. The number of aliphatic hydroxyl groups is 5. The van der Waals surface area contributed by atoms with Gasteiger partial charge in [-0.3, -0.25) is 4.79 Å². The molecule has 3 heterocycles. The van der Waals surface area contributed by atoms with Crippen molar-refractivity contribution in [3.05, 3.63) is 30.1 Å². The zero-order valence-electron chi connectivity index (χ0n) is 38.0. The highest BCUT2D eigenvalue weighted by atomic mass is 32.2. The van der Waals surface area contributed by atoms with Gasteiger partial charge in [-0.05, 0) is 105 Å². The van der Waals surface area contributed by atoms with E-state index < -0.39 is 130 Å². The minimum absolute atomic E-state index is 0.0394. The summed E-state index contributed by atoms with van der Waals surface area (Å²) in [6.45, 7) is 16.2. The number of sulfonamides is 1. The lowest BCUT2D eigenvalue weighted by Gasteiger charge is -2.49. The van der Waals surface area contributed by atoms with E-state index in [1.807, 2.05) is 25.9 Å². The van der Waals surface area contributed by atoms with Crippen molar-refractivity contribution < 1.29 is 71.6 Å². The van der Waals surface area contributed by atoms with Crippen molar-refractivity contribution in [2.45, 2.75) is 190 Å². The highest BCUT2D eigenvalue weighted by Crippen LogP contribution is 2.41. The second-order valence-electron chi connectivity index (χ2n) is 18.8. The molecule has 3 aliphatic heterocycles. The zero-order valence-corrected chi connectivity index (χ0v) is 38.8. The van der Waals surface area contributed by atoms with Crippen LogP contribution in [0.3, 0.4) is 0 Å². The van der Waals surface area contributed by atoms with Gasteiger partial charge in [-0.1, -0.05) is 27.7 Å². The summed E-state index contributed by atoms with van der Waals surface area (Å²) in [7, 11) is 0.700. The highest BCUT2D eigenvalue weighted by molar-refractivity contribution is 7.89. The Kier molecular flexibility index (Phi) is 17.0. The lowest BCUT2D eigenvalue weighted by molar-refractivity contribution is -0.318. The highest BCUT2D eigenvalue weighted by Gasteiger charge is 2.54. The summed E-state index contributed by atoms with van der Waals surface area (Å²) >= 11 is 0. The maximum absolute atomic E-state index is 14.4. The molecule has 4 rings (SSSR count). The van der Waals surface area contributed by atoms with Crippen LogP contribution in [0.25, 0.3) is 0 Å². The van der Waals surface area contributed by atoms with Crippen molar-refractivity contribution >= 4 is 16.0 Å².